The van der Waals surface area contributed by atoms with Gasteiger partial charge in [-0.3, -0.25) is 0 Å². The lowest BCUT2D eigenvalue weighted by Gasteiger charge is -2.05. The van der Waals surface area contributed by atoms with Gasteiger partial charge in [0, 0.05) is 13.2 Å². The van der Waals surface area contributed by atoms with Crippen molar-refractivity contribution < 1.29 is 4.74 Å². The van der Waals surface area contributed by atoms with Gasteiger partial charge in [-0.05, 0) is 12.8 Å². The van der Waals surface area contributed by atoms with E-state index in [4.69, 9.17) is 4.74 Å². The lowest BCUT2D eigenvalue weighted by molar-refractivity contribution is 0.125. The molecule has 34 heavy (non-hydrogen) atoms. The smallest absolute Gasteiger partial charge is 0.0466 e. The Morgan fingerprint density at radius 3 is 0.647 bits per heavy atom. The average Bonchev–Trinajstić information content (AvgIpc) is 2.83. The van der Waals surface area contributed by atoms with Crippen LogP contribution in [0.25, 0.3) is 0 Å². The summed E-state index contributed by atoms with van der Waals surface area (Å²) in [5, 5.41) is 0. The zero-order chi connectivity index (χ0) is 23.9. The van der Waals surface area contributed by atoms with Gasteiger partial charge < -0.3 is 4.74 Å². The van der Waals surface area contributed by atoms with Crippen LogP contribution in [-0.4, -0.2) is 13.2 Å². The van der Waals surface area contributed by atoms with Gasteiger partial charge in [-0.1, -0.05) is 181 Å². The first kappa shape index (κ1) is 36.5. The monoisotopic (exact) mass is 500 g/mol. The van der Waals surface area contributed by atoms with E-state index in [9.17, 15) is 0 Å². The molecular formula is C32H68OS. The predicted octanol–water partition coefficient (Wildman–Crippen LogP) is 12.1. The summed E-state index contributed by atoms with van der Waals surface area (Å²) in [6.07, 6.45) is 40.1. The molecule has 1 nitrogen and oxygen atoms in total. The highest BCUT2D eigenvalue weighted by molar-refractivity contribution is 7.59. The summed E-state index contributed by atoms with van der Waals surface area (Å²) >= 11 is 0. The van der Waals surface area contributed by atoms with E-state index in [0.29, 0.717) is 0 Å². The first-order valence-electron chi connectivity index (χ1n) is 16.0. The minimum absolute atomic E-state index is 0. The maximum absolute atomic E-state index is 5.85. The zero-order valence-corrected chi connectivity index (χ0v) is 25.1. The van der Waals surface area contributed by atoms with Gasteiger partial charge in [0.25, 0.3) is 0 Å². The first-order chi connectivity index (χ1) is 16.4. The molecule has 0 fully saturated rings. The fourth-order valence-corrected chi connectivity index (χ4v) is 4.90. The van der Waals surface area contributed by atoms with Crippen molar-refractivity contribution in [2.75, 3.05) is 13.2 Å². The van der Waals surface area contributed by atoms with Crippen molar-refractivity contribution in [3.8, 4) is 0 Å². The van der Waals surface area contributed by atoms with Crippen molar-refractivity contribution in [3.63, 3.8) is 0 Å². The van der Waals surface area contributed by atoms with Gasteiger partial charge in [-0.25, -0.2) is 0 Å². The maximum atomic E-state index is 5.85. The molecule has 0 rings (SSSR count). The molecule has 0 saturated heterocycles. The van der Waals surface area contributed by atoms with Crippen LogP contribution in [0.2, 0.25) is 0 Å². The van der Waals surface area contributed by atoms with Crippen LogP contribution in [0.5, 0.6) is 0 Å². The van der Waals surface area contributed by atoms with Crippen molar-refractivity contribution >= 4 is 13.5 Å². The molecule has 208 valence electrons. The third-order valence-electron chi connectivity index (χ3n) is 7.28. The highest BCUT2D eigenvalue weighted by Gasteiger charge is 1.96. The summed E-state index contributed by atoms with van der Waals surface area (Å²) in [6, 6.07) is 0. The zero-order valence-electron chi connectivity index (χ0n) is 24.1. The number of ether oxygens (including phenoxy) is 1. The Bertz CT molecular complexity index is 290. The summed E-state index contributed by atoms with van der Waals surface area (Å²) in [6.45, 7) is 6.59. The van der Waals surface area contributed by atoms with E-state index in [2.05, 4.69) is 13.8 Å². The van der Waals surface area contributed by atoms with Crippen LogP contribution < -0.4 is 0 Å². The van der Waals surface area contributed by atoms with Crippen molar-refractivity contribution in [3.05, 3.63) is 0 Å². The standard InChI is InChI=1S/C32H66O.H2S/c1-3-5-7-9-11-13-15-17-19-21-23-25-27-29-31-33-32-30-28-26-24-22-20-18-16-14-12-10-8-6-4-2;/h3-32H2,1-2H3;1H2. The normalized spacial score (nSPS) is 11.1. The fourth-order valence-electron chi connectivity index (χ4n) is 4.90. The molecule has 0 aliphatic heterocycles. The molecule has 0 saturated carbocycles. The lowest BCUT2D eigenvalue weighted by Crippen LogP contribution is -1.97. The number of hydrogen-bond donors (Lipinski definition) is 0. The van der Waals surface area contributed by atoms with Crippen LogP contribution >= 0.6 is 13.5 Å². The van der Waals surface area contributed by atoms with Gasteiger partial charge in [-0.2, -0.15) is 13.5 Å². The lowest BCUT2D eigenvalue weighted by atomic mass is 10.0. The summed E-state index contributed by atoms with van der Waals surface area (Å²) in [7, 11) is 0. The largest absolute Gasteiger partial charge is 0.381 e. The first-order valence-corrected chi connectivity index (χ1v) is 16.0. The van der Waals surface area contributed by atoms with Gasteiger partial charge in [0.15, 0.2) is 0 Å². The molecule has 0 aliphatic rings. The topological polar surface area (TPSA) is 9.23 Å². The molecule has 0 aromatic carbocycles. The molecule has 0 radical (unpaired) electrons. The molecule has 0 N–H and O–H groups in total. The van der Waals surface area contributed by atoms with Gasteiger partial charge in [-0.15, -0.1) is 0 Å². The molecule has 0 unspecified atom stereocenters. The Morgan fingerprint density at radius 2 is 0.441 bits per heavy atom. The Morgan fingerprint density at radius 1 is 0.265 bits per heavy atom. The van der Waals surface area contributed by atoms with Crippen LogP contribution in [-0.2, 0) is 4.74 Å². The minimum atomic E-state index is 0. The van der Waals surface area contributed by atoms with Gasteiger partial charge >= 0.3 is 0 Å². The second-order valence-corrected chi connectivity index (χ2v) is 10.8. The summed E-state index contributed by atoms with van der Waals surface area (Å²) in [5.74, 6) is 0. The second-order valence-electron chi connectivity index (χ2n) is 10.8. The average molecular weight is 501 g/mol. The van der Waals surface area contributed by atoms with E-state index in [1.54, 1.807) is 0 Å². The Balaban J connectivity index is 0. The predicted molar refractivity (Wildman–Crippen MR) is 162 cm³/mol. The molecule has 0 bridgehead atoms. The Labute approximate surface area is 224 Å². The fraction of sp³-hybridized carbons (Fsp3) is 1.00. The highest BCUT2D eigenvalue weighted by Crippen LogP contribution is 2.14. The third kappa shape index (κ3) is 34.5. The van der Waals surface area contributed by atoms with Crippen LogP contribution in [0.3, 0.4) is 0 Å². The van der Waals surface area contributed by atoms with Crippen LogP contribution in [0, 0.1) is 0 Å². The van der Waals surface area contributed by atoms with Crippen LogP contribution in [0.4, 0.5) is 0 Å². The quantitative estimate of drug-likeness (QED) is 0.0891. The minimum Gasteiger partial charge on any atom is -0.381 e. The van der Waals surface area contributed by atoms with Crippen molar-refractivity contribution in [2.45, 2.75) is 194 Å². The number of hydrogen-bond acceptors (Lipinski definition) is 1. The number of rotatable bonds is 30. The maximum Gasteiger partial charge on any atom is 0.0466 e. The van der Waals surface area contributed by atoms with Crippen molar-refractivity contribution in [1.29, 1.82) is 0 Å². The molecule has 0 atom stereocenters. The second kappa shape index (κ2) is 35.5. The molecule has 0 aromatic rings. The molecule has 0 aromatic heterocycles. The molecule has 2 heteroatoms. The summed E-state index contributed by atoms with van der Waals surface area (Å²) < 4.78 is 5.85. The third-order valence-corrected chi connectivity index (χ3v) is 7.28. The number of unbranched alkanes of at least 4 members (excludes halogenated alkanes) is 26. The van der Waals surface area contributed by atoms with Crippen LogP contribution in [0.15, 0.2) is 0 Å². The van der Waals surface area contributed by atoms with E-state index >= 15 is 0 Å². The van der Waals surface area contributed by atoms with Crippen molar-refractivity contribution in [1.82, 2.24) is 0 Å². The summed E-state index contributed by atoms with van der Waals surface area (Å²) in [4.78, 5) is 0. The summed E-state index contributed by atoms with van der Waals surface area (Å²) in [5.41, 5.74) is 0. The molecule has 0 aliphatic carbocycles. The van der Waals surface area contributed by atoms with E-state index in [1.807, 2.05) is 0 Å². The van der Waals surface area contributed by atoms with Gasteiger partial charge in [0.2, 0.25) is 0 Å². The molecular weight excluding hydrogens is 432 g/mol. The van der Waals surface area contributed by atoms with Gasteiger partial charge in [0.05, 0.1) is 0 Å². The molecule has 0 heterocycles. The van der Waals surface area contributed by atoms with Gasteiger partial charge in [0.1, 0.15) is 0 Å². The Kier molecular flexibility index (Phi) is 38.0. The molecule has 0 amide bonds. The molecule has 0 spiro atoms. The van der Waals surface area contributed by atoms with Crippen LogP contribution in [0.1, 0.15) is 194 Å². The Hall–Kier alpha value is 0.310. The van der Waals surface area contributed by atoms with Crippen molar-refractivity contribution in [2.24, 2.45) is 0 Å². The van der Waals surface area contributed by atoms with E-state index in [1.165, 1.54) is 180 Å². The highest BCUT2D eigenvalue weighted by atomic mass is 32.1. The SMILES string of the molecule is CCCCCCCCCCCCCCCCOCCCCCCCCCCCCCCCC.S. The van der Waals surface area contributed by atoms with E-state index in [0.717, 1.165) is 13.2 Å². The van der Waals surface area contributed by atoms with E-state index in [-0.39, 0.29) is 13.5 Å². The van der Waals surface area contributed by atoms with E-state index < -0.39 is 0 Å².